The van der Waals surface area contributed by atoms with E-state index in [1.165, 1.54) is 0 Å². The van der Waals surface area contributed by atoms with E-state index in [2.05, 4.69) is 18.5 Å². The quantitative estimate of drug-likeness (QED) is 0.126. The van der Waals surface area contributed by atoms with E-state index in [1.54, 1.807) is 46.2 Å². The van der Waals surface area contributed by atoms with Crippen LogP contribution in [0.4, 0.5) is 5.69 Å². The number of fused-ring (bicyclic) bond motifs is 1. The highest BCUT2D eigenvalue weighted by molar-refractivity contribution is 6.30. The summed E-state index contributed by atoms with van der Waals surface area (Å²) in [7, 11) is 0. The number of aliphatic hydroxyl groups excluding tert-OH is 1. The van der Waals surface area contributed by atoms with Crippen LogP contribution in [-0.2, 0) is 28.7 Å². The van der Waals surface area contributed by atoms with Gasteiger partial charge in [-0.2, -0.15) is 0 Å². The molecule has 2 bridgehead atoms. The minimum atomic E-state index is -1.21. The molecule has 3 aliphatic heterocycles. The van der Waals surface area contributed by atoms with Gasteiger partial charge in [-0.25, -0.2) is 0 Å². The molecular formula is C38H46ClN3O7. The lowest BCUT2D eigenvalue weighted by molar-refractivity contribution is -0.160. The number of aliphatic hydroxyl groups is 1. The fourth-order valence-electron chi connectivity index (χ4n) is 7.55. The van der Waals surface area contributed by atoms with E-state index in [9.17, 15) is 24.3 Å². The van der Waals surface area contributed by atoms with Crippen molar-refractivity contribution >= 4 is 41.0 Å². The molecule has 49 heavy (non-hydrogen) atoms. The first-order valence-corrected chi connectivity index (χ1v) is 17.5. The SMILES string of the molecule is C=CCCC(=O)NC[C@@H](OC(=O)[C@@H]1[C@H]2C(=O)N(CCCCCCO)[C@H](C(=O)N(CC=C)c3ccc(Cl)cc3)[C@]23CC[C@H]1O3)c1ccccc1. The zero-order valence-corrected chi connectivity index (χ0v) is 28.6. The molecule has 6 atom stereocenters. The van der Waals surface area contributed by atoms with Gasteiger partial charge in [0.2, 0.25) is 11.8 Å². The molecule has 10 nitrogen and oxygen atoms in total. The second-order valence-corrected chi connectivity index (χ2v) is 13.3. The Morgan fingerprint density at radius 2 is 1.82 bits per heavy atom. The van der Waals surface area contributed by atoms with Crippen molar-refractivity contribution in [2.75, 3.05) is 31.1 Å². The highest BCUT2D eigenvalue weighted by Crippen LogP contribution is 2.59. The monoisotopic (exact) mass is 691 g/mol. The molecular weight excluding hydrogens is 646 g/mol. The average molecular weight is 692 g/mol. The molecule has 0 unspecified atom stereocenters. The number of amides is 3. The molecule has 3 heterocycles. The lowest BCUT2D eigenvalue weighted by Gasteiger charge is -2.36. The van der Waals surface area contributed by atoms with E-state index in [0.717, 1.165) is 12.8 Å². The summed E-state index contributed by atoms with van der Waals surface area (Å²) in [5, 5.41) is 12.6. The number of nitrogens with zero attached hydrogens (tertiary/aromatic N) is 2. The van der Waals surface area contributed by atoms with E-state index < -0.39 is 41.7 Å². The maximum absolute atomic E-state index is 14.7. The summed E-state index contributed by atoms with van der Waals surface area (Å²) in [6, 6.07) is 15.1. The first-order chi connectivity index (χ1) is 23.7. The van der Waals surface area contributed by atoms with Gasteiger partial charge >= 0.3 is 5.97 Å². The van der Waals surface area contributed by atoms with Crippen molar-refractivity contribution in [3.05, 3.63) is 90.5 Å². The minimum absolute atomic E-state index is 0.0619. The normalized spacial score (nSPS) is 24.3. The van der Waals surface area contributed by atoms with Gasteiger partial charge in [-0.05, 0) is 61.9 Å². The van der Waals surface area contributed by atoms with Crippen LogP contribution in [0.3, 0.4) is 0 Å². The van der Waals surface area contributed by atoms with Crippen LogP contribution in [0.1, 0.15) is 63.0 Å². The molecule has 5 rings (SSSR count). The van der Waals surface area contributed by atoms with Gasteiger partial charge in [0.05, 0.1) is 24.5 Å². The fraction of sp³-hybridized carbons (Fsp3) is 0.474. The lowest BCUT2D eigenvalue weighted by Crippen LogP contribution is -2.56. The summed E-state index contributed by atoms with van der Waals surface area (Å²) in [5.74, 6) is -3.20. The van der Waals surface area contributed by atoms with Gasteiger partial charge in [0, 0.05) is 36.8 Å². The number of benzene rings is 2. The Hall–Kier alpha value is -3.99. The number of anilines is 1. The highest BCUT2D eigenvalue weighted by atomic mass is 35.5. The molecule has 2 aromatic rings. The molecule has 3 amide bonds. The Labute approximate surface area is 293 Å². The lowest BCUT2D eigenvalue weighted by atomic mass is 9.70. The summed E-state index contributed by atoms with van der Waals surface area (Å²) >= 11 is 6.15. The van der Waals surface area contributed by atoms with Crippen LogP contribution >= 0.6 is 11.6 Å². The smallest absolute Gasteiger partial charge is 0.313 e. The summed E-state index contributed by atoms with van der Waals surface area (Å²) < 4.78 is 12.8. The molecule has 1 spiro atoms. The Morgan fingerprint density at radius 3 is 2.51 bits per heavy atom. The number of halogens is 1. The number of rotatable bonds is 18. The number of hydrogen-bond donors (Lipinski definition) is 2. The number of carbonyl (C=O) groups excluding carboxylic acids is 4. The number of likely N-dealkylation sites (tertiary alicyclic amines) is 1. The molecule has 3 saturated heterocycles. The first kappa shape index (κ1) is 36.3. The predicted octanol–water partition coefficient (Wildman–Crippen LogP) is 5.15. The summed E-state index contributed by atoms with van der Waals surface area (Å²) in [5.41, 5.74) is 0.103. The van der Waals surface area contributed by atoms with Gasteiger partial charge in [-0.15, -0.1) is 13.2 Å². The zero-order chi connectivity index (χ0) is 35.0. The molecule has 0 saturated carbocycles. The van der Waals surface area contributed by atoms with Crippen LogP contribution in [0.25, 0.3) is 0 Å². The van der Waals surface area contributed by atoms with Crippen molar-refractivity contribution in [2.24, 2.45) is 11.8 Å². The van der Waals surface area contributed by atoms with Crippen molar-refractivity contribution in [1.29, 1.82) is 0 Å². The minimum Gasteiger partial charge on any atom is -0.455 e. The Morgan fingerprint density at radius 1 is 1.08 bits per heavy atom. The number of nitrogens with one attached hydrogen (secondary N) is 1. The first-order valence-electron chi connectivity index (χ1n) is 17.2. The largest absolute Gasteiger partial charge is 0.455 e. The van der Waals surface area contributed by atoms with Gasteiger partial charge in [-0.3, -0.25) is 19.2 Å². The molecule has 2 aromatic carbocycles. The van der Waals surface area contributed by atoms with Gasteiger partial charge < -0.3 is 29.7 Å². The molecule has 2 N–H and O–H groups in total. The van der Waals surface area contributed by atoms with Crippen LogP contribution in [0.2, 0.25) is 5.02 Å². The van der Waals surface area contributed by atoms with E-state index in [1.807, 2.05) is 30.3 Å². The van der Waals surface area contributed by atoms with Crippen molar-refractivity contribution in [3.63, 3.8) is 0 Å². The van der Waals surface area contributed by atoms with Crippen LogP contribution in [0, 0.1) is 11.8 Å². The molecule has 3 fully saturated rings. The number of allylic oxidation sites excluding steroid dienone is 1. The van der Waals surface area contributed by atoms with Crippen LogP contribution in [0.15, 0.2) is 79.9 Å². The second kappa shape index (κ2) is 16.6. The maximum Gasteiger partial charge on any atom is 0.313 e. The average Bonchev–Trinajstić information content (AvgIpc) is 3.75. The van der Waals surface area contributed by atoms with Crippen molar-refractivity contribution in [2.45, 2.75) is 75.2 Å². The Bertz CT molecular complexity index is 1500. The third-order valence-corrected chi connectivity index (χ3v) is 10.1. The van der Waals surface area contributed by atoms with Gasteiger partial charge in [0.15, 0.2) is 0 Å². The number of hydrogen-bond acceptors (Lipinski definition) is 7. The topological polar surface area (TPSA) is 125 Å². The van der Waals surface area contributed by atoms with E-state index in [-0.39, 0.29) is 43.8 Å². The van der Waals surface area contributed by atoms with Crippen LogP contribution < -0.4 is 10.2 Å². The molecule has 0 aliphatic carbocycles. The molecule has 262 valence electrons. The molecule has 0 aromatic heterocycles. The maximum atomic E-state index is 14.7. The van der Waals surface area contributed by atoms with Crippen molar-refractivity contribution in [1.82, 2.24) is 10.2 Å². The highest BCUT2D eigenvalue weighted by Gasteiger charge is 2.75. The number of esters is 1. The number of carbonyl (C=O) groups is 4. The van der Waals surface area contributed by atoms with E-state index in [0.29, 0.717) is 54.9 Å². The van der Waals surface area contributed by atoms with Gasteiger partial charge in [0.25, 0.3) is 5.91 Å². The van der Waals surface area contributed by atoms with Gasteiger partial charge in [-0.1, -0.05) is 66.9 Å². The fourth-order valence-corrected chi connectivity index (χ4v) is 7.68. The third kappa shape index (κ3) is 7.77. The third-order valence-electron chi connectivity index (χ3n) is 9.82. The van der Waals surface area contributed by atoms with E-state index in [4.69, 9.17) is 21.1 Å². The summed E-state index contributed by atoms with van der Waals surface area (Å²) in [6.07, 6.45) is 6.48. The van der Waals surface area contributed by atoms with Crippen LogP contribution in [-0.4, -0.2) is 77.7 Å². The summed E-state index contributed by atoms with van der Waals surface area (Å²) in [4.78, 5) is 59.0. The zero-order valence-electron chi connectivity index (χ0n) is 27.8. The Balaban J connectivity index is 1.44. The summed E-state index contributed by atoms with van der Waals surface area (Å²) in [6.45, 7) is 8.18. The molecule has 3 aliphatic rings. The predicted molar refractivity (Wildman–Crippen MR) is 187 cm³/mol. The number of ether oxygens (including phenoxy) is 2. The second-order valence-electron chi connectivity index (χ2n) is 12.9. The standard InChI is InChI=1S/C38H46ClN3O7/c1-3-5-15-31(44)40-25-30(26-13-9-8-10-14-26)48-37(47)32-29-20-21-38(49-29)33(32)35(45)42(23-11-6-7-12-24-43)34(38)36(46)41(22-4-2)28-18-16-27(39)17-19-28/h3-4,8-10,13-14,16-19,29-30,32-34,43H,1-2,5-7,11-12,15,20-25H2,(H,40,44)/t29-,30-,32+,33+,34-,38+/m1/s1. The van der Waals surface area contributed by atoms with Gasteiger partial charge in [0.1, 0.15) is 17.7 Å². The van der Waals surface area contributed by atoms with Crippen molar-refractivity contribution < 1.29 is 33.8 Å². The van der Waals surface area contributed by atoms with E-state index >= 15 is 0 Å². The van der Waals surface area contributed by atoms with Crippen LogP contribution in [0.5, 0.6) is 0 Å². The van der Waals surface area contributed by atoms with Crippen molar-refractivity contribution in [3.8, 4) is 0 Å². The molecule has 11 heteroatoms. The number of unbranched alkanes of at least 4 members (excludes halogenated alkanes) is 3. The molecule has 0 radical (unpaired) electrons. The Kier molecular flexibility index (Phi) is 12.3.